The van der Waals surface area contributed by atoms with E-state index in [1.165, 1.54) is 0 Å². The number of benzene rings is 2. The first kappa shape index (κ1) is 10.8. The summed E-state index contributed by atoms with van der Waals surface area (Å²) < 4.78 is 1.83. The van der Waals surface area contributed by atoms with Crippen LogP contribution in [0.3, 0.4) is 0 Å². The quantitative estimate of drug-likeness (QED) is 0.706. The zero-order valence-corrected chi connectivity index (χ0v) is 10.4. The Hall–Kier alpha value is -2.29. The van der Waals surface area contributed by atoms with Gasteiger partial charge in [0.2, 0.25) is 0 Å². The lowest BCUT2D eigenvalue weighted by molar-refractivity contribution is 0.476. The second-order valence-electron chi connectivity index (χ2n) is 4.58. The number of hydrogen-bond acceptors (Lipinski definition) is 2. The van der Waals surface area contributed by atoms with Crippen molar-refractivity contribution < 1.29 is 5.11 Å². The van der Waals surface area contributed by atoms with Gasteiger partial charge in [-0.25, -0.2) is 0 Å². The van der Waals surface area contributed by atoms with E-state index in [1.54, 1.807) is 12.1 Å². The molecule has 1 aromatic heterocycles. The van der Waals surface area contributed by atoms with Gasteiger partial charge >= 0.3 is 0 Å². The summed E-state index contributed by atoms with van der Waals surface area (Å²) in [6.45, 7) is 2.06. The van der Waals surface area contributed by atoms with Gasteiger partial charge in [0.1, 0.15) is 5.75 Å². The van der Waals surface area contributed by atoms with Crippen LogP contribution in [0.5, 0.6) is 5.75 Å². The van der Waals surface area contributed by atoms with Crippen molar-refractivity contribution in [2.45, 2.75) is 6.92 Å². The Morgan fingerprint density at radius 2 is 1.78 bits per heavy atom. The first-order valence-electron chi connectivity index (χ1n) is 5.87. The molecule has 0 atom stereocenters. The van der Waals surface area contributed by atoms with Gasteiger partial charge < -0.3 is 5.11 Å². The number of hydrogen-bond donors (Lipinski definition) is 1. The molecule has 3 nitrogen and oxygen atoms in total. The molecule has 3 rings (SSSR count). The van der Waals surface area contributed by atoms with E-state index in [9.17, 15) is 5.11 Å². The Balaban J connectivity index is 2.19. The monoisotopic (exact) mass is 238 g/mol. The number of rotatable bonds is 1. The fourth-order valence-electron chi connectivity index (χ4n) is 2.27. The summed E-state index contributed by atoms with van der Waals surface area (Å²) in [5.41, 5.74) is 3.27. The van der Waals surface area contributed by atoms with Gasteiger partial charge in [0, 0.05) is 18.8 Å². The zero-order valence-electron chi connectivity index (χ0n) is 10.4. The van der Waals surface area contributed by atoms with E-state index in [4.69, 9.17) is 0 Å². The van der Waals surface area contributed by atoms with E-state index in [0.29, 0.717) is 5.75 Å². The molecule has 0 saturated heterocycles. The standard InChI is InChI=1S/C15H14N2O/c1-10-9-17(2)16-15(10)13-4-3-12-8-14(18)6-5-11(12)7-13/h3-9,18H,1-2H3. The lowest BCUT2D eigenvalue weighted by Crippen LogP contribution is -1.88. The SMILES string of the molecule is Cc1cn(C)nc1-c1ccc2cc(O)ccc2c1. The third-order valence-electron chi connectivity index (χ3n) is 3.11. The summed E-state index contributed by atoms with van der Waals surface area (Å²) in [6, 6.07) is 11.5. The molecule has 3 heteroatoms. The topological polar surface area (TPSA) is 38.0 Å². The molecule has 18 heavy (non-hydrogen) atoms. The van der Waals surface area contributed by atoms with E-state index in [1.807, 2.05) is 36.1 Å². The predicted octanol–water partition coefficient (Wildman–Crippen LogP) is 3.25. The van der Waals surface area contributed by atoms with Crippen LogP contribution in [0.15, 0.2) is 42.6 Å². The van der Waals surface area contributed by atoms with Crippen molar-refractivity contribution in [3.8, 4) is 17.0 Å². The van der Waals surface area contributed by atoms with Crippen LogP contribution in [0.2, 0.25) is 0 Å². The van der Waals surface area contributed by atoms with Crippen molar-refractivity contribution >= 4 is 10.8 Å². The van der Waals surface area contributed by atoms with Gasteiger partial charge in [-0.05, 0) is 41.5 Å². The highest BCUT2D eigenvalue weighted by atomic mass is 16.3. The Morgan fingerprint density at radius 1 is 1.06 bits per heavy atom. The highest BCUT2D eigenvalue weighted by Crippen LogP contribution is 2.27. The molecule has 0 radical (unpaired) electrons. The first-order chi connectivity index (χ1) is 8.63. The summed E-state index contributed by atoms with van der Waals surface area (Å²) in [5, 5.41) is 16.1. The van der Waals surface area contributed by atoms with E-state index in [-0.39, 0.29) is 0 Å². The molecule has 0 fully saturated rings. The fraction of sp³-hybridized carbons (Fsp3) is 0.133. The molecule has 2 aromatic carbocycles. The number of aryl methyl sites for hydroxylation is 2. The maximum absolute atomic E-state index is 9.45. The minimum absolute atomic E-state index is 0.296. The highest BCUT2D eigenvalue weighted by molar-refractivity contribution is 5.88. The molecule has 90 valence electrons. The van der Waals surface area contributed by atoms with Crippen LogP contribution in [-0.2, 0) is 7.05 Å². The van der Waals surface area contributed by atoms with Gasteiger partial charge in [-0.1, -0.05) is 18.2 Å². The second-order valence-corrected chi connectivity index (χ2v) is 4.58. The molecule has 0 aliphatic heterocycles. The van der Waals surface area contributed by atoms with Crippen LogP contribution in [0.4, 0.5) is 0 Å². The van der Waals surface area contributed by atoms with E-state index in [0.717, 1.165) is 27.6 Å². The van der Waals surface area contributed by atoms with E-state index in [2.05, 4.69) is 18.1 Å². The largest absolute Gasteiger partial charge is 0.508 e. The first-order valence-corrected chi connectivity index (χ1v) is 5.87. The lowest BCUT2D eigenvalue weighted by Gasteiger charge is -2.03. The summed E-state index contributed by atoms with van der Waals surface area (Å²) in [6.07, 6.45) is 2.01. The minimum atomic E-state index is 0.296. The molecule has 0 amide bonds. The molecule has 3 aromatic rings. The maximum atomic E-state index is 9.45. The van der Waals surface area contributed by atoms with Crippen molar-refractivity contribution in [1.82, 2.24) is 9.78 Å². The van der Waals surface area contributed by atoms with Crippen molar-refractivity contribution in [2.24, 2.45) is 7.05 Å². The van der Waals surface area contributed by atoms with E-state index >= 15 is 0 Å². The van der Waals surface area contributed by atoms with Crippen molar-refractivity contribution in [2.75, 3.05) is 0 Å². The van der Waals surface area contributed by atoms with Crippen molar-refractivity contribution in [1.29, 1.82) is 0 Å². The molecule has 1 N–H and O–H groups in total. The van der Waals surface area contributed by atoms with Crippen LogP contribution in [-0.4, -0.2) is 14.9 Å². The summed E-state index contributed by atoms with van der Waals surface area (Å²) in [7, 11) is 1.93. The average Bonchev–Trinajstić information content (AvgIpc) is 2.68. The molecule has 0 bridgehead atoms. The summed E-state index contributed by atoms with van der Waals surface area (Å²) in [4.78, 5) is 0. The Bertz CT molecular complexity index is 728. The fourth-order valence-corrected chi connectivity index (χ4v) is 2.27. The molecule has 0 aliphatic carbocycles. The number of phenols is 1. The predicted molar refractivity (Wildman–Crippen MR) is 72.6 cm³/mol. The minimum Gasteiger partial charge on any atom is -0.508 e. The van der Waals surface area contributed by atoms with Gasteiger partial charge in [-0.2, -0.15) is 5.10 Å². The van der Waals surface area contributed by atoms with Gasteiger partial charge in [-0.15, -0.1) is 0 Å². The normalized spacial score (nSPS) is 11.0. The molecular formula is C15H14N2O. The number of fused-ring (bicyclic) bond motifs is 1. The highest BCUT2D eigenvalue weighted by Gasteiger charge is 2.07. The molecule has 0 saturated carbocycles. The maximum Gasteiger partial charge on any atom is 0.116 e. The van der Waals surface area contributed by atoms with E-state index < -0.39 is 0 Å². The summed E-state index contributed by atoms with van der Waals surface area (Å²) in [5.74, 6) is 0.296. The van der Waals surface area contributed by atoms with Crippen LogP contribution < -0.4 is 0 Å². The summed E-state index contributed by atoms with van der Waals surface area (Å²) >= 11 is 0. The third kappa shape index (κ3) is 1.74. The van der Waals surface area contributed by atoms with Crippen LogP contribution >= 0.6 is 0 Å². The third-order valence-corrected chi connectivity index (χ3v) is 3.11. The van der Waals surface area contributed by atoms with Crippen molar-refractivity contribution in [3.05, 3.63) is 48.2 Å². The molecular weight excluding hydrogens is 224 g/mol. The Labute approximate surface area is 105 Å². The van der Waals surface area contributed by atoms with Crippen LogP contribution in [0, 0.1) is 6.92 Å². The molecule has 0 aliphatic rings. The smallest absolute Gasteiger partial charge is 0.116 e. The van der Waals surface area contributed by atoms with Crippen LogP contribution in [0.1, 0.15) is 5.56 Å². The number of nitrogens with zero attached hydrogens (tertiary/aromatic N) is 2. The molecule has 0 unspecified atom stereocenters. The van der Waals surface area contributed by atoms with Gasteiger partial charge in [0.05, 0.1) is 5.69 Å². The Morgan fingerprint density at radius 3 is 2.50 bits per heavy atom. The number of aromatic hydroxyl groups is 1. The van der Waals surface area contributed by atoms with Gasteiger partial charge in [-0.3, -0.25) is 4.68 Å². The van der Waals surface area contributed by atoms with Gasteiger partial charge in [0.25, 0.3) is 0 Å². The Kier molecular flexibility index (Phi) is 2.33. The van der Waals surface area contributed by atoms with Gasteiger partial charge in [0.15, 0.2) is 0 Å². The van der Waals surface area contributed by atoms with Crippen LogP contribution in [0.25, 0.3) is 22.0 Å². The number of aromatic nitrogens is 2. The molecule has 0 spiro atoms. The number of phenolic OH excluding ortho intramolecular Hbond substituents is 1. The lowest BCUT2D eigenvalue weighted by atomic mass is 10.0. The zero-order chi connectivity index (χ0) is 12.7. The second kappa shape index (κ2) is 3.88. The molecule has 1 heterocycles. The average molecular weight is 238 g/mol. The van der Waals surface area contributed by atoms with Crippen molar-refractivity contribution in [3.63, 3.8) is 0 Å².